The Kier molecular flexibility index (Phi) is 4.64. The van der Waals surface area contributed by atoms with Crippen molar-refractivity contribution >= 4 is 46.2 Å². The molecule has 2 aromatic rings. The Morgan fingerprint density at radius 2 is 2.22 bits per heavy atom. The molecule has 116 valence electrons. The quantitative estimate of drug-likeness (QED) is 0.830. The van der Waals surface area contributed by atoms with Gasteiger partial charge in [0.25, 0.3) is 5.91 Å². The van der Waals surface area contributed by atoms with Gasteiger partial charge in [-0.15, -0.1) is 0 Å². The summed E-state index contributed by atoms with van der Waals surface area (Å²) in [5.74, 6) is -0.0615. The number of halogens is 2. The summed E-state index contributed by atoms with van der Waals surface area (Å²) in [6, 6.07) is 7.70. The van der Waals surface area contributed by atoms with Crippen LogP contribution < -0.4 is 5.32 Å². The summed E-state index contributed by atoms with van der Waals surface area (Å²) in [5.41, 5.74) is 0.464. The predicted molar refractivity (Wildman–Crippen MR) is 90.1 cm³/mol. The highest BCUT2D eigenvalue weighted by atomic mass is 35.5. The van der Waals surface area contributed by atoms with Gasteiger partial charge in [0, 0.05) is 0 Å². The second-order valence-corrected chi connectivity index (χ2v) is 5.91. The van der Waals surface area contributed by atoms with Crippen LogP contribution in [0.3, 0.4) is 0 Å². The van der Waals surface area contributed by atoms with Gasteiger partial charge in [-0.25, -0.2) is 9.38 Å². The van der Waals surface area contributed by atoms with Gasteiger partial charge in [-0.1, -0.05) is 17.7 Å². The molecule has 23 heavy (non-hydrogen) atoms. The lowest BCUT2D eigenvalue weighted by atomic mass is 10.3. The SMILES string of the molecule is O=C1NC(=Nc2ccc(F)c(Cl)c2)S/C1=C\C=C\c1ccco1. The fraction of sp³-hybridized carbons (Fsp3) is 0. The third-order valence-corrected chi connectivity index (χ3v) is 4.05. The van der Waals surface area contributed by atoms with Crippen LogP contribution in [0.5, 0.6) is 0 Å². The number of thioether (sulfide) groups is 1. The molecule has 7 heteroatoms. The lowest BCUT2D eigenvalue weighted by molar-refractivity contribution is -0.115. The van der Waals surface area contributed by atoms with Crippen LogP contribution in [0.2, 0.25) is 5.02 Å². The van der Waals surface area contributed by atoms with Crippen molar-refractivity contribution in [3.05, 3.63) is 70.3 Å². The average molecular weight is 349 g/mol. The maximum atomic E-state index is 13.1. The second kappa shape index (κ2) is 6.85. The van der Waals surface area contributed by atoms with Crippen molar-refractivity contribution in [3.63, 3.8) is 0 Å². The van der Waals surface area contributed by atoms with E-state index in [0.29, 0.717) is 21.5 Å². The number of amides is 1. The van der Waals surface area contributed by atoms with Crippen LogP contribution in [0, 0.1) is 5.82 Å². The minimum Gasteiger partial charge on any atom is -0.465 e. The lowest BCUT2D eigenvalue weighted by Crippen LogP contribution is -2.19. The van der Waals surface area contributed by atoms with Crippen LogP contribution >= 0.6 is 23.4 Å². The molecule has 0 saturated carbocycles. The molecule has 0 unspecified atom stereocenters. The molecule has 4 nitrogen and oxygen atoms in total. The molecule has 1 N–H and O–H groups in total. The number of nitrogens with zero attached hydrogens (tertiary/aromatic N) is 1. The van der Waals surface area contributed by atoms with E-state index >= 15 is 0 Å². The molecule has 1 amide bonds. The predicted octanol–water partition coefficient (Wildman–Crippen LogP) is 4.52. The molecule has 0 atom stereocenters. The van der Waals surface area contributed by atoms with E-state index in [0.717, 1.165) is 0 Å². The number of rotatable bonds is 3. The van der Waals surface area contributed by atoms with E-state index in [2.05, 4.69) is 10.3 Å². The van der Waals surface area contributed by atoms with Crippen LogP contribution in [-0.2, 0) is 4.79 Å². The van der Waals surface area contributed by atoms with E-state index in [-0.39, 0.29) is 10.9 Å². The largest absolute Gasteiger partial charge is 0.465 e. The van der Waals surface area contributed by atoms with Crippen molar-refractivity contribution in [3.8, 4) is 0 Å². The number of amidine groups is 1. The Balaban J connectivity index is 1.73. The van der Waals surface area contributed by atoms with Crippen LogP contribution in [0.15, 0.2) is 63.1 Å². The molecule has 1 aliphatic rings. The minimum absolute atomic E-state index is 0.0154. The number of furan rings is 1. The molecule has 1 aliphatic heterocycles. The molecule has 0 bridgehead atoms. The first-order chi connectivity index (χ1) is 11.1. The summed E-state index contributed by atoms with van der Waals surface area (Å²) in [7, 11) is 0. The molecule has 0 aliphatic carbocycles. The lowest BCUT2D eigenvalue weighted by Gasteiger charge is -1.98. The third kappa shape index (κ3) is 3.91. The maximum absolute atomic E-state index is 13.1. The Morgan fingerprint density at radius 3 is 2.96 bits per heavy atom. The Hall–Kier alpha value is -2.31. The number of hydrogen-bond donors (Lipinski definition) is 1. The van der Waals surface area contributed by atoms with Gasteiger partial charge in [0.1, 0.15) is 11.6 Å². The van der Waals surface area contributed by atoms with Gasteiger partial charge < -0.3 is 9.73 Å². The summed E-state index contributed by atoms with van der Waals surface area (Å²) in [6.07, 6.45) is 6.71. The number of aliphatic imine (C=N–C) groups is 1. The van der Waals surface area contributed by atoms with Crippen molar-refractivity contribution < 1.29 is 13.6 Å². The first-order valence-electron chi connectivity index (χ1n) is 6.56. The van der Waals surface area contributed by atoms with E-state index in [1.54, 1.807) is 30.6 Å². The normalized spacial score (nSPS) is 18.3. The number of carbonyl (C=O) groups excluding carboxylic acids is 1. The standard InChI is InChI=1S/C16H10ClFN2O2S/c17-12-9-10(6-7-13(12)18)19-16-20-15(21)14(23-16)5-1-3-11-4-2-8-22-11/h1-9H,(H,19,20,21)/b3-1+,14-5-. The molecule has 0 radical (unpaired) electrons. The van der Waals surface area contributed by atoms with Gasteiger partial charge in [0.05, 0.1) is 21.9 Å². The van der Waals surface area contributed by atoms with E-state index in [9.17, 15) is 9.18 Å². The zero-order chi connectivity index (χ0) is 16.2. The highest BCUT2D eigenvalue weighted by Gasteiger charge is 2.23. The molecule has 1 fully saturated rings. The molecule has 0 spiro atoms. The van der Waals surface area contributed by atoms with Gasteiger partial charge in [0.2, 0.25) is 0 Å². The fourth-order valence-corrected chi connectivity index (χ4v) is 2.75. The number of nitrogens with one attached hydrogen (secondary N) is 1. The van der Waals surface area contributed by atoms with Crippen molar-refractivity contribution in [2.24, 2.45) is 4.99 Å². The van der Waals surface area contributed by atoms with E-state index in [1.165, 1.54) is 30.0 Å². The summed E-state index contributed by atoms with van der Waals surface area (Å²) < 4.78 is 18.3. The van der Waals surface area contributed by atoms with Crippen molar-refractivity contribution in [1.29, 1.82) is 0 Å². The summed E-state index contributed by atoms with van der Waals surface area (Å²) in [6.45, 7) is 0. The van der Waals surface area contributed by atoms with Gasteiger partial charge in [-0.2, -0.15) is 0 Å². The zero-order valence-corrected chi connectivity index (χ0v) is 13.2. The highest BCUT2D eigenvalue weighted by Crippen LogP contribution is 2.28. The van der Waals surface area contributed by atoms with E-state index in [1.807, 2.05) is 6.07 Å². The number of carbonyl (C=O) groups is 1. The first-order valence-corrected chi connectivity index (χ1v) is 7.76. The van der Waals surface area contributed by atoms with Crippen molar-refractivity contribution in [1.82, 2.24) is 5.32 Å². The molecule has 2 heterocycles. The molecule has 1 aromatic heterocycles. The van der Waals surface area contributed by atoms with Gasteiger partial charge in [-0.3, -0.25) is 4.79 Å². The summed E-state index contributed by atoms with van der Waals surface area (Å²) in [5, 5.41) is 3.04. The number of benzene rings is 1. The van der Waals surface area contributed by atoms with Crippen molar-refractivity contribution in [2.45, 2.75) is 0 Å². The average Bonchev–Trinajstić information content (AvgIpc) is 3.14. The zero-order valence-electron chi connectivity index (χ0n) is 11.6. The second-order valence-electron chi connectivity index (χ2n) is 4.48. The molecule has 3 rings (SSSR count). The first kappa shape index (κ1) is 15.6. The molecule has 1 saturated heterocycles. The molecular weight excluding hydrogens is 339 g/mol. The smallest absolute Gasteiger partial charge is 0.264 e. The van der Waals surface area contributed by atoms with E-state index < -0.39 is 5.82 Å². The van der Waals surface area contributed by atoms with Crippen molar-refractivity contribution in [2.75, 3.05) is 0 Å². The minimum atomic E-state index is -0.512. The summed E-state index contributed by atoms with van der Waals surface area (Å²) in [4.78, 5) is 16.6. The van der Waals surface area contributed by atoms with E-state index in [4.69, 9.17) is 16.0 Å². The third-order valence-electron chi connectivity index (χ3n) is 2.84. The topological polar surface area (TPSA) is 54.6 Å². The van der Waals surface area contributed by atoms with Gasteiger partial charge in [0.15, 0.2) is 5.17 Å². The van der Waals surface area contributed by atoms with Crippen LogP contribution in [0.25, 0.3) is 6.08 Å². The Morgan fingerprint density at radius 1 is 1.35 bits per heavy atom. The van der Waals surface area contributed by atoms with Crippen LogP contribution in [0.4, 0.5) is 10.1 Å². The number of allylic oxidation sites excluding steroid dienone is 2. The number of hydrogen-bond acceptors (Lipinski definition) is 4. The monoisotopic (exact) mass is 348 g/mol. The Labute approximate surface area is 140 Å². The summed E-state index contributed by atoms with van der Waals surface area (Å²) >= 11 is 6.90. The Bertz CT molecular complexity index is 829. The maximum Gasteiger partial charge on any atom is 0.264 e. The van der Waals surface area contributed by atoms with Crippen LogP contribution in [0.1, 0.15) is 5.76 Å². The van der Waals surface area contributed by atoms with Crippen LogP contribution in [-0.4, -0.2) is 11.1 Å². The fourth-order valence-electron chi connectivity index (χ4n) is 1.78. The van der Waals surface area contributed by atoms with Gasteiger partial charge in [-0.05, 0) is 54.2 Å². The molecule has 1 aromatic carbocycles. The van der Waals surface area contributed by atoms with Gasteiger partial charge >= 0.3 is 0 Å². The highest BCUT2D eigenvalue weighted by molar-refractivity contribution is 8.18. The molecular formula is C16H10ClFN2O2S.